The molecule has 0 aromatic heterocycles. The first-order chi connectivity index (χ1) is 3.93. The molecule has 0 atom stereocenters. The summed E-state index contributed by atoms with van der Waals surface area (Å²) in [4.78, 5) is 0. The molecule has 0 bridgehead atoms. The van der Waals surface area contributed by atoms with Crippen LogP contribution in [-0.2, 0) is 0 Å². The second kappa shape index (κ2) is 3.11. The van der Waals surface area contributed by atoms with Crippen LogP contribution in [0.4, 0.5) is 0 Å². The van der Waals surface area contributed by atoms with Gasteiger partial charge >= 0.3 is 0 Å². The van der Waals surface area contributed by atoms with Crippen LogP contribution < -0.4 is 0 Å². The minimum Gasteiger partial charge on any atom is -0.0654 e. The Morgan fingerprint density at radius 2 is 2.00 bits per heavy atom. The van der Waals surface area contributed by atoms with Gasteiger partial charge in [0, 0.05) is 0 Å². The first kappa shape index (κ1) is 6.12. The smallest absolute Gasteiger partial charge is 0.0241 e. The van der Waals surface area contributed by atoms with Crippen molar-refractivity contribution in [1.29, 1.82) is 0 Å². The molecular weight excluding hydrogens is 96.1 g/mol. The molecule has 0 nitrogen and oxygen atoms in total. The maximum absolute atomic E-state index is 2.26. The first-order valence-corrected chi connectivity index (χ1v) is 3.77. The summed E-state index contributed by atoms with van der Waals surface area (Å²) in [6.45, 7) is 2.26. The Hall–Kier alpha value is 0. The van der Waals surface area contributed by atoms with Gasteiger partial charge in [-0.2, -0.15) is 0 Å². The summed E-state index contributed by atoms with van der Waals surface area (Å²) < 4.78 is 0. The van der Waals surface area contributed by atoms with E-state index in [2.05, 4.69) is 6.92 Å². The van der Waals surface area contributed by atoms with Crippen molar-refractivity contribution in [3.05, 3.63) is 5.92 Å². The van der Waals surface area contributed by atoms with Crippen molar-refractivity contribution >= 4 is 0 Å². The highest BCUT2D eigenvalue weighted by molar-refractivity contribution is 5.04. The van der Waals surface area contributed by atoms with E-state index >= 15 is 0 Å². The molecule has 0 saturated heterocycles. The third kappa shape index (κ3) is 2.34. The van der Waals surface area contributed by atoms with Crippen molar-refractivity contribution in [1.82, 2.24) is 0 Å². The van der Waals surface area contributed by atoms with E-state index in [9.17, 15) is 0 Å². The van der Waals surface area contributed by atoms with Gasteiger partial charge in [-0.05, 0) is 25.2 Å². The maximum atomic E-state index is 2.26. The Balaban J connectivity index is 1.74. The first-order valence-electron chi connectivity index (χ1n) is 3.77. The van der Waals surface area contributed by atoms with Gasteiger partial charge in [-0.25, -0.2) is 0 Å². The van der Waals surface area contributed by atoms with Crippen LogP contribution in [0.25, 0.3) is 0 Å². The molecule has 1 fully saturated rings. The third-order valence-electron chi connectivity index (χ3n) is 1.74. The molecule has 0 heterocycles. The van der Waals surface area contributed by atoms with Crippen LogP contribution >= 0.6 is 0 Å². The van der Waals surface area contributed by atoms with Crippen molar-refractivity contribution in [2.24, 2.45) is 0 Å². The lowest BCUT2D eigenvalue weighted by molar-refractivity contribution is 0.703. The van der Waals surface area contributed by atoms with E-state index in [0.29, 0.717) is 0 Å². The van der Waals surface area contributed by atoms with E-state index in [1.54, 1.807) is 0 Å². The molecule has 0 unspecified atom stereocenters. The predicted octanol–water partition coefficient (Wildman–Crippen LogP) is 2.93. The zero-order valence-electron chi connectivity index (χ0n) is 5.74. The fourth-order valence-corrected chi connectivity index (χ4v) is 0.963. The average molecular weight is 111 g/mol. The van der Waals surface area contributed by atoms with Gasteiger partial charge in [-0.15, -0.1) is 0 Å². The zero-order valence-corrected chi connectivity index (χ0v) is 5.74. The molecule has 8 heavy (non-hydrogen) atoms. The fourth-order valence-electron chi connectivity index (χ4n) is 0.963. The molecule has 1 aliphatic rings. The van der Waals surface area contributed by atoms with Gasteiger partial charge in [0.25, 0.3) is 0 Å². The lowest BCUT2D eigenvalue weighted by atomic mass is 10.1. The minimum atomic E-state index is 1.37. The predicted molar refractivity (Wildman–Crippen MR) is 36.6 cm³/mol. The molecule has 47 valence electrons. The molecule has 0 N–H and O–H groups in total. The summed E-state index contributed by atoms with van der Waals surface area (Å²) in [7, 11) is 0. The summed E-state index contributed by atoms with van der Waals surface area (Å²) in [6, 6.07) is 0. The lowest BCUT2D eigenvalue weighted by Gasteiger charge is -1.92. The van der Waals surface area contributed by atoms with Crippen LogP contribution in [0.15, 0.2) is 0 Å². The molecule has 0 spiro atoms. The minimum absolute atomic E-state index is 1.37. The van der Waals surface area contributed by atoms with E-state index in [4.69, 9.17) is 0 Å². The van der Waals surface area contributed by atoms with E-state index in [-0.39, 0.29) is 0 Å². The molecule has 0 amide bonds. The third-order valence-corrected chi connectivity index (χ3v) is 1.74. The normalized spacial score (nSPS) is 19.1. The van der Waals surface area contributed by atoms with E-state index < -0.39 is 0 Å². The van der Waals surface area contributed by atoms with Crippen LogP contribution in [0.2, 0.25) is 0 Å². The second-order valence-electron chi connectivity index (χ2n) is 2.71. The largest absolute Gasteiger partial charge is 0.0654 e. The standard InChI is InChI=1S/C8H15/c1-2-3-4-5-8-6-7-8/h2-7H2,1H3. The van der Waals surface area contributed by atoms with Crippen molar-refractivity contribution < 1.29 is 0 Å². The number of rotatable bonds is 4. The van der Waals surface area contributed by atoms with Gasteiger partial charge in [0.05, 0.1) is 0 Å². The number of hydrogen-bond acceptors (Lipinski definition) is 0. The van der Waals surface area contributed by atoms with Gasteiger partial charge in [-0.1, -0.05) is 26.2 Å². The molecular formula is C8H15. The van der Waals surface area contributed by atoms with Crippen molar-refractivity contribution in [3.8, 4) is 0 Å². The second-order valence-corrected chi connectivity index (χ2v) is 2.71. The Morgan fingerprint density at radius 3 is 2.50 bits per heavy atom. The summed E-state index contributed by atoms with van der Waals surface area (Å²) >= 11 is 0. The molecule has 0 aromatic carbocycles. The Bertz CT molecular complexity index is 53.1. The number of hydrogen-bond donors (Lipinski definition) is 0. The van der Waals surface area contributed by atoms with Crippen LogP contribution in [0.5, 0.6) is 0 Å². The maximum Gasteiger partial charge on any atom is -0.0241 e. The highest BCUT2D eigenvalue weighted by Gasteiger charge is 2.20. The highest BCUT2D eigenvalue weighted by Crippen LogP contribution is 2.36. The van der Waals surface area contributed by atoms with Crippen molar-refractivity contribution in [3.63, 3.8) is 0 Å². The van der Waals surface area contributed by atoms with Gasteiger partial charge in [0.1, 0.15) is 0 Å². The van der Waals surface area contributed by atoms with Crippen molar-refractivity contribution in [2.45, 2.75) is 45.4 Å². The van der Waals surface area contributed by atoms with Gasteiger partial charge in [0.15, 0.2) is 0 Å². The molecule has 0 aliphatic heterocycles. The van der Waals surface area contributed by atoms with Crippen molar-refractivity contribution in [2.75, 3.05) is 0 Å². The molecule has 1 aliphatic carbocycles. The molecule has 1 radical (unpaired) electrons. The monoisotopic (exact) mass is 111 g/mol. The number of unbranched alkanes of at least 4 members (excludes halogenated alkanes) is 2. The lowest BCUT2D eigenvalue weighted by Crippen LogP contribution is -1.74. The van der Waals surface area contributed by atoms with Gasteiger partial charge < -0.3 is 0 Å². The summed E-state index contributed by atoms with van der Waals surface area (Å²) in [5, 5.41) is 0. The van der Waals surface area contributed by atoms with Crippen LogP contribution in [0.1, 0.15) is 45.4 Å². The van der Waals surface area contributed by atoms with Gasteiger partial charge in [-0.3, -0.25) is 0 Å². The zero-order chi connectivity index (χ0) is 5.82. The fraction of sp³-hybridized carbons (Fsp3) is 0.875. The summed E-state index contributed by atoms with van der Waals surface area (Å²) in [6.07, 6.45) is 8.59. The molecule has 1 saturated carbocycles. The SMILES string of the molecule is CCCCC[C]1CC1. The highest BCUT2D eigenvalue weighted by atomic mass is 14.2. The van der Waals surface area contributed by atoms with E-state index in [0.717, 1.165) is 0 Å². The average Bonchev–Trinajstić information content (AvgIpc) is 2.51. The Kier molecular flexibility index (Phi) is 2.38. The molecule has 0 heteroatoms. The molecule has 1 rings (SSSR count). The van der Waals surface area contributed by atoms with Crippen LogP contribution in [-0.4, -0.2) is 0 Å². The Labute approximate surface area is 52.3 Å². The summed E-state index contributed by atoms with van der Waals surface area (Å²) in [5.74, 6) is 1.82. The molecule has 0 aromatic rings. The summed E-state index contributed by atoms with van der Waals surface area (Å²) in [5.41, 5.74) is 0. The van der Waals surface area contributed by atoms with Crippen LogP contribution in [0.3, 0.4) is 0 Å². The van der Waals surface area contributed by atoms with Crippen LogP contribution in [0, 0.1) is 5.92 Å². The van der Waals surface area contributed by atoms with E-state index in [1.165, 1.54) is 38.5 Å². The Morgan fingerprint density at radius 1 is 1.25 bits per heavy atom. The quantitative estimate of drug-likeness (QED) is 0.489. The van der Waals surface area contributed by atoms with Gasteiger partial charge in [0.2, 0.25) is 0 Å². The van der Waals surface area contributed by atoms with E-state index in [1.807, 2.05) is 5.92 Å². The topological polar surface area (TPSA) is 0 Å².